The highest BCUT2D eigenvalue weighted by molar-refractivity contribution is 7.23. The molecule has 0 unspecified atom stereocenters. The van der Waals surface area contributed by atoms with Crippen molar-refractivity contribution in [1.82, 2.24) is 0 Å². The van der Waals surface area contributed by atoms with Crippen LogP contribution < -0.4 is 4.90 Å². The molecular weight excluding hydrogens is 332 g/mol. The summed E-state index contributed by atoms with van der Waals surface area (Å²) in [6, 6.07) is 15.9. The summed E-state index contributed by atoms with van der Waals surface area (Å²) in [4.78, 5) is 19.0. The van der Waals surface area contributed by atoms with Crippen molar-refractivity contribution in [3.63, 3.8) is 0 Å². The average molecular weight is 352 g/mol. The molecule has 0 radical (unpaired) electrons. The molecule has 0 spiro atoms. The van der Waals surface area contributed by atoms with Crippen LogP contribution in [0.5, 0.6) is 0 Å². The van der Waals surface area contributed by atoms with Crippen molar-refractivity contribution >= 4 is 44.3 Å². The SMILES string of the molecule is CCOC(=O)c1c(/N=C/c2ccc(N(C)C)cc2)sc2ccccc12. The summed E-state index contributed by atoms with van der Waals surface area (Å²) in [6.07, 6.45) is 1.78. The van der Waals surface area contributed by atoms with Crippen molar-refractivity contribution in [2.45, 2.75) is 6.92 Å². The maximum atomic E-state index is 12.4. The van der Waals surface area contributed by atoms with Crippen molar-refractivity contribution in [3.8, 4) is 0 Å². The van der Waals surface area contributed by atoms with Crippen molar-refractivity contribution < 1.29 is 9.53 Å². The molecule has 1 aromatic heterocycles. The first kappa shape index (κ1) is 17.2. The van der Waals surface area contributed by atoms with Gasteiger partial charge in [-0.25, -0.2) is 9.79 Å². The molecule has 0 fully saturated rings. The number of esters is 1. The summed E-state index contributed by atoms with van der Waals surface area (Å²) in [7, 11) is 4.01. The van der Waals surface area contributed by atoms with Crippen LogP contribution >= 0.6 is 11.3 Å². The molecule has 2 aromatic carbocycles. The van der Waals surface area contributed by atoms with Crippen LogP contribution in [-0.2, 0) is 4.74 Å². The molecule has 1 heterocycles. The third-order valence-corrected chi connectivity index (χ3v) is 4.88. The molecule has 0 saturated carbocycles. The van der Waals surface area contributed by atoms with Crippen molar-refractivity contribution in [2.75, 3.05) is 25.6 Å². The Morgan fingerprint density at radius 1 is 1.16 bits per heavy atom. The fourth-order valence-electron chi connectivity index (χ4n) is 2.52. The monoisotopic (exact) mass is 352 g/mol. The molecule has 25 heavy (non-hydrogen) atoms. The Labute approximate surface area is 151 Å². The van der Waals surface area contributed by atoms with Crippen LogP contribution in [0.4, 0.5) is 10.7 Å². The van der Waals surface area contributed by atoms with E-state index in [-0.39, 0.29) is 5.97 Å². The molecular formula is C20H20N2O2S. The van der Waals surface area contributed by atoms with Crippen LogP contribution in [0.1, 0.15) is 22.8 Å². The maximum absolute atomic E-state index is 12.4. The van der Waals surface area contributed by atoms with Gasteiger partial charge in [0, 0.05) is 36.1 Å². The number of thiophene rings is 1. The lowest BCUT2D eigenvalue weighted by Crippen LogP contribution is -2.08. The average Bonchev–Trinajstić information content (AvgIpc) is 2.99. The van der Waals surface area contributed by atoms with Crippen LogP contribution in [0, 0.1) is 0 Å². The van der Waals surface area contributed by atoms with Gasteiger partial charge in [-0.05, 0) is 30.7 Å². The Morgan fingerprint density at radius 2 is 1.88 bits per heavy atom. The van der Waals surface area contributed by atoms with Gasteiger partial charge in [0.15, 0.2) is 0 Å². The summed E-state index contributed by atoms with van der Waals surface area (Å²) in [6.45, 7) is 2.15. The highest BCUT2D eigenvalue weighted by Crippen LogP contribution is 2.38. The normalized spacial score (nSPS) is 11.2. The number of hydrogen-bond acceptors (Lipinski definition) is 5. The zero-order valence-electron chi connectivity index (χ0n) is 14.5. The lowest BCUT2D eigenvalue weighted by molar-refractivity contribution is 0.0530. The molecule has 3 rings (SSSR count). The number of ether oxygens (including phenoxy) is 1. The number of anilines is 1. The smallest absolute Gasteiger partial charge is 0.341 e. The molecule has 0 saturated heterocycles. The van der Waals surface area contributed by atoms with Crippen LogP contribution in [0.25, 0.3) is 10.1 Å². The Morgan fingerprint density at radius 3 is 2.56 bits per heavy atom. The second-order valence-corrected chi connectivity index (χ2v) is 6.77. The number of hydrogen-bond donors (Lipinski definition) is 0. The minimum absolute atomic E-state index is 0.324. The Hall–Kier alpha value is -2.66. The zero-order chi connectivity index (χ0) is 17.8. The lowest BCUT2D eigenvalue weighted by Gasteiger charge is -2.11. The topological polar surface area (TPSA) is 41.9 Å². The Kier molecular flexibility index (Phi) is 5.14. The summed E-state index contributed by atoms with van der Waals surface area (Å²) in [5.74, 6) is -0.324. The second-order valence-electron chi connectivity index (χ2n) is 5.74. The number of fused-ring (bicyclic) bond motifs is 1. The largest absolute Gasteiger partial charge is 0.462 e. The van der Waals surface area contributed by atoms with Gasteiger partial charge in [-0.15, -0.1) is 11.3 Å². The van der Waals surface area contributed by atoms with Crippen LogP contribution in [0.3, 0.4) is 0 Å². The van der Waals surface area contributed by atoms with Gasteiger partial charge in [0.2, 0.25) is 0 Å². The molecule has 128 valence electrons. The predicted octanol–water partition coefficient (Wildman–Crippen LogP) is 4.89. The van der Waals surface area contributed by atoms with E-state index in [4.69, 9.17) is 4.74 Å². The minimum atomic E-state index is -0.324. The lowest BCUT2D eigenvalue weighted by atomic mass is 10.1. The number of carbonyl (C=O) groups is 1. The van der Waals surface area contributed by atoms with Gasteiger partial charge in [-0.3, -0.25) is 0 Å². The van der Waals surface area contributed by atoms with Crippen LogP contribution in [0.2, 0.25) is 0 Å². The van der Waals surface area contributed by atoms with Gasteiger partial charge in [-0.2, -0.15) is 0 Å². The Bertz CT molecular complexity index is 911. The quantitative estimate of drug-likeness (QED) is 0.485. The molecule has 0 aliphatic heterocycles. The van der Waals surface area contributed by atoms with Gasteiger partial charge >= 0.3 is 5.97 Å². The number of aliphatic imine (C=N–C) groups is 1. The summed E-state index contributed by atoms with van der Waals surface area (Å²) < 4.78 is 6.25. The summed E-state index contributed by atoms with van der Waals surface area (Å²) in [5, 5.41) is 1.57. The first-order chi connectivity index (χ1) is 12.1. The van der Waals surface area contributed by atoms with Crippen LogP contribution in [0.15, 0.2) is 53.5 Å². The standard InChI is InChI=1S/C20H20N2O2S/c1-4-24-20(23)18-16-7-5-6-8-17(16)25-19(18)21-13-14-9-11-15(12-10-14)22(2)3/h5-13H,4H2,1-3H3/b21-13+. The van der Waals surface area contributed by atoms with E-state index in [0.717, 1.165) is 21.3 Å². The van der Waals surface area contributed by atoms with E-state index in [0.29, 0.717) is 17.2 Å². The highest BCUT2D eigenvalue weighted by Gasteiger charge is 2.19. The van der Waals surface area contributed by atoms with Gasteiger partial charge in [0.1, 0.15) is 10.6 Å². The van der Waals surface area contributed by atoms with Gasteiger partial charge in [0.05, 0.1) is 6.61 Å². The van der Waals surface area contributed by atoms with Crippen molar-refractivity contribution in [3.05, 3.63) is 59.7 Å². The molecule has 0 atom stereocenters. The molecule has 0 bridgehead atoms. The molecule has 3 aromatic rings. The summed E-state index contributed by atoms with van der Waals surface area (Å²) in [5.41, 5.74) is 2.66. The number of nitrogens with zero attached hydrogens (tertiary/aromatic N) is 2. The number of rotatable bonds is 5. The van der Waals surface area contributed by atoms with E-state index in [1.54, 1.807) is 6.21 Å². The Balaban J connectivity index is 1.97. The first-order valence-electron chi connectivity index (χ1n) is 8.10. The maximum Gasteiger partial charge on any atom is 0.341 e. The number of benzene rings is 2. The van der Waals surface area contributed by atoms with Crippen molar-refractivity contribution in [2.24, 2.45) is 4.99 Å². The van der Waals surface area contributed by atoms with Gasteiger partial charge in [0.25, 0.3) is 0 Å². The molecule has 0 aliphatic carbocycles. The molecule has 0 aliphatic rings. The van der Waals surface area contributed by atoms with E-state index in [1.165, 1.54) is 11.3 Å². The number of carbonyl (C=O) groups excluding carboxylic acids is 1. The first-order valence-corrected chi connectivity index (χ1v) is 8.92. The third-order valence-electron chi connectivity index (χ3n) is 3.80. The highest BCUT2D eigenvalue weighted by atomic mass is 32.1. The summed E-state index contributed by atoms with van der Waals surface area (Å²) >= 11 is 1.50. The fourth-order valence-corrected chi connectivity index (χ4v) is 3.55. The van der Waals surface area contributed by atoms with E-state index < -0.39 is 0 Å². The molecule has 5 heteroatoms. The van der Waals surface area contributed by atoms with E-state index in [1.807, 2.05) is 74.4 Å². The van der Waals surface area contributed by atoms with Gasteiger partial charge < -0.3 is 9.64 Å². The molecule has 4 nitrogen and oxygen atoms in total. The predicted molar refractivity (Wildman–Crippen MR) is 106 cm³/mol. The zero-order valence-corrected chi connectivity index (χ0v) is 15.3. The van der Waals surface area contributed by atoms with Crippen LogP contribution in [-0.4, -0.2) is 32.9 Å². The third kappa shape index (κ3) is 3.72. The van der Waals surface area contributed by atoms with E-state index in [2.05, 4.69) is 4.99 Å². The van der Waals surface area contributed by atoms with Gasteiger partial charge in [-0.1, -0.05) is 30.3 Å². The molecule has 0 N–H and O–H groups in total. The fraction of sp³-hybridized carbons (Fsp3) is 0.200. The van der Waals surface area contributed by atoms with E-state index >= 15 is 0 Å². The van der Waals surface area contributed by atoms with E-state index in [9.17, 15) is 4.79 Å². The minimum Gasteiger partial charge on any atom is -0.462 e. The van der Waals surface area contributed by atoms with Crippen molar-refractivity contribution in [1.29, 1.82) is 0 Å². The molecule has 0 amide bonds. The second kappa shape index (κ2) is 7.49.